The highest BCUT2D eigenvalue weighted by molar-refractivity contribution is 5.40. The van der Waals surface area contributed by atoms with E-state index in [1.54, 1.807) is 4.68 Å². The summed E-state index contributed by atoms with van der Waals surface area (Å²) < 4.78 is 3.73. The lowest BCUT2D eigenvalue weighted by Crippen LogP contribution is -2.27. The van der Waals surface area contributed by atoms with E-state index >= 15 is 0 Å². The lowest BCUT2D eigenvalue weighted by molar-refractivity contribution is 0.350. The normalized spacial score (nSPS) is 16.1. The minimum absolute atomic E-state index is 0.0211. The third-order valence-corrected chi connectivity index (χ3v) is 2.52. The summed E-state index contributed by atoms with van der Waals surface area (Å²) in [5.41, 5.74) is 6.94. The summed E-state index contributed by atoms with van der Waals surface area (Å²) in [5, 5.41) is 0. The Balaban J connectivity index is 2.68. The van der Waals surface area contributed by atoms with Crippen LogP contribution in [0.15, 0.2) is 4.79 Å². The first-order valence-corrected chi connectivity index (χ1v) is 4.27. The van der Waals surface area contributed by atoms with Gasteiger partial charge in [0.2, 0.25) is 0 Å². The zero-order valence-corrected chi connectivity index (χ0v) is 7.21. The number of nitrogen functional groups attached to an aromatic ring is 1. The van der Waals surface area contributed by atoms with Crippen molar-refractivity contribution < 1.29 is 0 Å². The SMILES string of the molecule is Cc1c(N)c(=O)n2n1CCCC2. The Bertz CT molecular complexity index is 361. The molecule has 66 valence electrons. The summed E-state index contributed by atoms with van der Waals surface area (Å²) in [7, 11) is 0. The molecular formula is C8H13N3O. The van der Waals surface area contributed by atoms with E-state index in [4.69, 9.17) is 5.73 Å². The van der Waals surface area contributed by atoms with Crippen LogP contribution in [0.25, 0.3) is 0 Å². The molecule has 0 atom stereocenters. The molecule has 0 fully saturated rings. The summed E-state index contributed by atoms with van der Waals surface area (Å²) in [6, 6.07) is 0. The molecule has 1 aliphatic heterocycles. The molecule has 0 unspecified atom stereocenters. The van der Waals surface area contributed by atoms with Gasteiger partial charge in [0.25, 0.3) is 5.56 Å². The molecule has 1 aliphatic rings. The maximum absolute atomic E-state index is 11.5. The van der Waals surface area contributed by atoms with Gasteiger partial charge in [0.15, 0.2) is 0 Å². The van der Waals surface area contributed by atoms with Crippen LogP contribution < -0.4 is 11.3 Å². The molecule has 0 amide bonds. The minimum atomic E-state index is -0.0211. The molecule has 2 heterocycles. The number of rotatable bonds is 0. The van der Waals surface area contributed by atoms with Gasteiger partial charge in [-0.3, -0.25) is 9.48 Å². The van der Waals surface area contributed by atoms with Gasteiger partial charge < -0.3 is 5.73 Å². The van der Waals surface area contributed by atoms with Crippen molar-refractivity contribution in [3.63, 3.8) is 0 Å². The first kappa shape index (κ1) is 7.46. The smallest absolute Gasteiger partial charge is 0.290 e. The van der Waals surface area contributed by atoms with Crippen LogP contribution in [0, 0.1) is 6.92 Å². The van der Waals surface area contributed by atoms with Gasteiger partial charge in [-0.05, 0) is 19.8 Å². The number of anilines is 1. The second-order valence-corrected chi connectivity index (χ2v) is 3.26. The fourth-order valence-corrected chi connectivity index (χ4v) is 1.76. The van der Waals surface area contributed by atoms with Crippen molar-refractivity contribution in [1.29, 1.82) is 0 Å². The maximum atomic E-state index is 11.5. The van der Waals surface area contributed by atoms with Gasteiger partial charge in [-0.25, -0.2) is 4.68 Å². The van der Waals surface area contributed by atoms with E-state index in [2.05, 4.69) is 0 Å². The zero-order chi connectivity index (χ0) is 8.72. The van der Waals surface area contributed by atoms with Crippen molar-refractivity contribution in [3.05, 3.63) is 16.0 Å². The fourth-order valence-electron chi connectivity index (χ4n) is 1.76. The number of nitrogens with zero attached hydrogens (tertiary/aromatic N) is 2. The predicted molar refractivity (Wildman–Crippen MR) is 47.1 cm³/mol. The second-order valence-electron chi connectivity index (χ2n) is 3.26. The molecule has 0 spiro atoms. The molecule has 0 saturated heterocycles. The van der Waals surface area contributed by atoms with Crippen LogP contribution in [-0.2, 0) is 13.1 Å². The van der Waals surface area contributed by atoms with E-state index in [9.17, 15) is 4.79 Å². The number of hydrogen-bond donors (Lipinski definition) is 1. The first-order chi connectivity index (χ1) is 5.72. The second kappa shape index (κ2) is 2.40. The molecular weight excluding hydrogens is 154 g/mol. The summed E-state index contributed by atoms with van der Waals surface area (Å²) >= 11 is 0. The largest absolute Gasteiger partial charge is 0.393 e. The molecule has 0 aliphatic carbocycles. The van der Waals surface area contributed by atoms with Crippen molar-refractivity contribution >= 4 is 5.69 Å². The Labute approximate surface area is 70.6 Å². The first-order valence-electron chi connectivity index (χ1n) is 4.27. The highest BCUT2D eigenvalue weighted by Crippen LogP contribution is 2.12. The average molecular weight is 167 g/mol. The average Bonchev–Trinajstić information content (AvgIpc) is 2.33. The fraction of sp³-hybridized carbons (Fsp3) is 0.625. The van der Waals surface area contributed by atoms with Crippen molar-refractivity contribution in [2.24, 2.45) is 0 Å². The number of hydrogen-bond acceptors (Lipinski definition) is 2. The van der Waals surface area contributed by atoms with Crippen LogP contribution in [0.3, 0.4) is 0 Å². The van der Waals surface area contributed by atoms with E-state index < -0.39 is 0 Å². The monoisotopic (exact) mass is 167 g/mol. The van der Waals surface area contributed by atoms with E-state index in [1.807, 2.05) is 11.6 Å². The Kier molecular flexibility index (Phi) is 1.49. The molecule has 1 aromatic rings. The van der Waals surface area contributed by atoms with E-state index in [1.165, 1.54) is 0 Å². The Morgan fingerprint density at radius 1 is 1.25 bits per heavy atom. The number of nitrogens with two attached hydrogens (primary N) is 1. The van der Waals surface area contributed by atoms with Crippen LogP contribution in [0.2, 0.25) is 0 Å². The summed E-state index contributed by atoms with van der Waals surface area (Å²) in [6.45, 7) is 3.65. The molecule has 4 heteroatoms. The molecule has 0 bridgehead atoms. The third-order valence-electron chi connectivity index (χ3n) is 2.52. The highest BCUT2D eigenvalue weighted by Gasteiger charge is 2.16. The Morgan fingerprint density at radius 2 is 1.83 bits per heavy atom. The van der Waals surface area contributed by atoms with E-state index in [0.717, 1.165) is 31.6 Å². The minimum Gasteiger partial charge on any atom is -0.393 e. The van der Waals surface area contributed by atoms with Gasteiger partial charge in [-0.2, -0.15) is 0 Å². The third kappa shape index (κ3) is 0.807. The predicted octanol–water partition coefficient (Wildman–Crippen LogP) is 0.334. The van der Waals surface area contributed by atoms with Crippen LogP contribution in [0.1, 0.15) is 18.5 Å². The molecule has 4 nitrogen and oxygen atoms in total. The zero-order valence-electron chi connectivity index (χ0n) is 7.21. The molecule has 1 aromatic heterocycles. The lowest BCUT2D eigenvalue weighted by Gasteiger charge is -2.17. The molecule has 0 aromatic carbocycles. The lowest BCUT2D eigenvalue weighted by atomic mass is 10.3. The van der Waals surface area contributed by atoms with Gasteiger partial charge in [0, 0.05) is 13.1 Å². The van der Waals surface area contributed by atoms with Crippen molar-refractivity contribution in [1.82, 2.24) is 9.36 Å². The summed E-state index contributed by atoms with van der Waals surface area (Å²) in [6.07, 6.45) is 2.23. The quantitative estimate of drug-likeness (QED) is 0.605. The molecule has 0 saturated carbocycles. The van der Waals surface area contributed by atoms with Gasteiger partial charge in [0.1, 0.15) is 5.69 Å². The van der Waals surface area contributed by atoms with Crippen LogP contribution in [0.4, 0.5) is 5.69 Å². The number of aromatic nitrogens is 2. The van der Waals surface area contributed by atoms with Crippen LogP contribution in [0.5, 0.6) is 0 Å². The molecule has 0 radical (unpaired) electrons. The summed E-state index contributed by atoms with van der Waals surface area (Å²) in [4.78, 5) is 11.5. The van der Waals surface area contributed by atoms with Crippen LogP contribution >= 0.6 is 0 Å². The van der Waals surface area contributed by atoms with Crippen molar-refractivity contribution in [3.8, 4) is 0 Å². The van der Waals surface area contributed by atoms with Gasteiger partial charge in [0.05, 0.1) is 5.69 Å². The van der Waals surface area contributed by atoms with Gasteiger partial charge in [-0.15, -0.1) is 0 Å². The molecule has 2 rings (SSSR count). The summed E-state index contributed by atoms with van der Waals surface area (Å²) in [5.74, 6) is 0. The highest BCUT2D eigenvalue weighted by atomic mass is 16.1. The maximum Gasteiger partial charge on any atom is 0.290 e. The Hall–Kier alpha value is -1.19. The topological polar surface area (TPSA) is 53.0 Å². The van der Waals surface area contributed by atoms with E-state index in [-0.39, 0.29) is 5.56 Å². The van der Waals surface area contributed by atoms with Crippen molar-refractivity contribution in [2.45, 2.75) is 32.9 Å². The van der Waals surface area contributed by atoms with Gasteiger partial charge >= 0.3 is 0 Å². The Morgan fingerprint density at radius 3 is 2.42 bits per heavy atom. The molecule has 2 N–H and O–H groups in total. The molecule has 12 heavy (non-hydrogen) atoms. The van der Waals surface area contributed by atoms with Crippen molar-refractivity contribution in [2.75, 3.05) is 5.73 Å². The van der Waals surface area contributed by atoms with Crippen LogP contribution in [-0.4, -0.2) is 9.36 Å². The number of fused-ring (bicyclic) bond motifs is 1. The van der Waals surface area contributed by atoms with Gasteiger partial charge in [-0.1, -0.05) is 0 Å². The standard InChI is InChI=1S/C8H13N3O/c1-6-7(9)8(12)11-5-3-2-4-10(6)11/h2-5,9H2,1H3. The van der Waals surface area contributed by atoms with E-state index in [0.29, 0.717) is 5.69 Å².